The van der Waals surface area contributed by atoms with Crippen LogP contribution >= 0.6 is 0 Å². The van der Waals surface area contributed by atoms with Crippen LogP contribution in [0, 0.1) is 0 Å². The van der Waals surface area contributed by atoms with Gasteiger partial charge in [-0.3, -0.25) is 9.69 Å². The van der Waals surface area contributed by atoms with Gasteiger partial charge >= 0.3 is 0 Å². The molecule has 7 heteroatoms. The molecule has 0 saturated carbocycles. The zero-order valence-corrected chi connectivity index (χ0v) is 19.3. The van der Waals surface area contributed by atoms with Crippen LogP contribution in [0.15, 0.2) is 71.3 Å². The molecule has 1 saturated heterocycles. The Balaban J connectivity index is 1.30. The van der Waals surface area contributed by atoms with Crippen LogP contribution < -0.4 is 4.74 Å². The average Bonchev–Trinajstić information content (AvgIpc) is 3.22. The number of rotatable bonds is 6. The summed E-state index contributed by atoms with van der Waals surface area (Å²) >= 11 is 0. The van der Waals surface area contributed by atoms with Gasteiger partial charge in [-0.05, 0) is 42.3 Å². The summed E-state index contributed by atoms with van der Waals surface area (Å²) in [6, 6.07) is 21.7. The van der Waals surface area contributed by atoms with Crippen LogP contribution in [0.25, 0.3) is 22.2 Å². The van der Waals surface area contributed by atoms with Gasteiger partial charge in [0.15, 0.2) is 5.82 Å². The smallest absolute Gasteiger partial charge is 0.258 e. The topological polar surface area (TPSA) is 71.7 Å². The minimum Gasteiger partial charge on any atom is -0.493 e. The Morgan fingerprint density at radius 1 is 0.971 bits per heavy atom. The van der Waals surface area contributed by atoms with Crippen molar-refractivity contribution >= 4 is 16.7 Å². The highest BCUT2D eigenvalue weighted by atomic mass is 16.5. The molecule has 1 aliphatic heterocycles. The molecule has 2 heterocycles. The maximum Gasteiger partial charge on any atom is 0.258 e. The van der Waals surface area contributed by atoms with Gasteiger partial charge in [-0.2, -0.15) is 4.98 Å². The lowest BCUT2D eigenvalue weighted by molar-refractivity contribution is 0.0759. The molecule has 4 aromatic rings. The van der Waals surface area contributed by atoms with Crippen molar-refractivity contribution in [2.24, 2.45) is 0 Å². The number of carbonyl (C=O) groups is 1. The Hall–Kier alpha value is -3.71. The van der Waals surface area contributed by atoms with Crippen LogP contribution in [0.4, 0.5) is 0 Å². The van der Waals surface area contributed by atoms with Crippen LogP contribution in [0.1, 0.15) is 29.5 Å². The van der Waals surface area contributed by atoms with Gasteiger partial charge in [0.2, 0.25) is 0 Å². The first-order chi connectivity index (χ1) is 16.7. The number of fused-ring (bicyclic) bond motifs is 1. The third kappa shape index (κ3) is 4.65. The molecule has 0 radical (unpaired) electrons. The van der Waals surface area contributed by atoms with Crippen LogP contribution in [0.2, 0.25) is 0 Å². The Bertz CT molecular complexity index is 1270. The second-order valence-corrected chi connectivity index (χ2v) is 8.40. The van der Waals surface area contributed by atoms with Gasteiger partial charge in [-0.1, -0.05) is 53.7 Å². The fraction of sp³-hybridized carbons (Fsp3) is 0.296. The summed E-state index contributed by atoms with van der Waals surface area (Å²) in [5, 5.41) is 6.13. The number of aromatic nitrogens is 2. The molecule has 0 N–H and O–H groups in total. The first-order valence-electron chi connectivity index (χ1n) is 11.8. The fourth-order valence-electron chi connectivity index (χ4n) is 4.45. The first kappa shape index (κ1) is 22.1. The molecule has 0 atom stereocenters. The summed E-state index contributed by atoms with van der Waals surface area (Å²) in [6.45, 7) is 6.00. The number of hydrogen-bond donors (Lipinski definition) is 0. The molecule has 174 valence electrons. The molecule has 3 aromatic carbocycles. The molecule has 0 spiro atoms. The van der Waals surface area contributed by atoms with Crippen molar-refractivity contribution in [1.82, 2.24) is 19.9 Å². The van der Waals surface area contributed by atoms with Gasteiger partial charge in [-0.15, -0.1) is 0 Å². The highest BCUT2D eigenvalue weighted by molar-refractivity contribution is 6.09. The minimum absolute atomic E-state index is 0.0213. The van der Waals surface area contributed by atoms with Crippen LogP contribution in [0.3, 0.4) is 0 Å². The molecule has 0 unspecified atom stereocenters. The summed E-state index contributed by atoms with van der Waals surface area (Å²) in [5.41, 5.74) is 1.56. The molecule has 5 rings (SSSR count). The van der Waals surface area contributed by atoms with Crippen LogP contribution in [-0.4, -0.2) is 58.6 Å². The molecule has 1 aromatic heterocycles. The maximum absolute atomic E-state index is 13.7. The number of hydrogen-bond acceptors (Lipinski definition) is 6. The summed E-state index contributed by atoms with van der Waals surface area (Å²) in [5.74, 6) is 1.86. The van der Waals surface area contributed by atoms with E-state index in [0.717, 1.165) is 35.8 Å². The van der Waals surface area contributed by atoms with E-state index in [-0.39, 0.29) is 5.91 Å². The van der Waals surface area contributed by atoms with Gasteiger partial charge in [0, 0.05) is 31.7 Å². The molecule has 34 heavy (non-hydrogen) atoms. The van der Waals surface area contributed by atoms with E-state index in [1.807, 2.05) is 78.6 Å². The standard InChI is InChI=1S/C27H28N4O3/c1-2-33-23-14-13-20-9-6-7-12-22(20)25(23)27(32)31-16-8-15-30(17-18-31)19-24-28-26(34-29-24)21-10-4-3-5-11-21/h3-7,9-14H,2,8,15-19H2,1H3. The normalized spacial score (nSPS) is 14.8. The minimum atomic E-state index is 0.0213. The molecular formula is C27H28N4O3. The second-order valence-electron chi connectivity index (χ2n) is 8.40. The van der Waals surface area contributed by atoms with E-state index in [2.05, 4.69) is 15.0 Å². The number of benzene rings is 3. The van der Waals surface area contributed by atoms with Crippen molar-refractivity contribution in [3.8, 4) is 17.2 Å². The first-order valence-corrected chi connectivity index (χ1v) is 11.8. The zero-order chi connectivity index (χ0) is 23.3. The van der Waals surface area contributed by atoms with Crippen molar-refractivity contribution in [3.63, 3.8) is 0 Å². The third-order valence-electron chi connectivity index (χ3n) is 6.13. The predicted octanol–water partition coefficient (Wildman–Crippen LogP) is 4.64. The zero-order valence-electron chi connectivity index (χ0n) is 19.3. The van der Waals surface area contributed by atoms with E-state index in [1.165, 1.54) is 0 Å². The lowest BCUT2D eigenvalue weighted by Gasteiger charge is -2.23. The highest BCUT2D eigenvalue weighted by Gasteiger charge is 2.25. The van der Waals surface area contributed by atoms with Crippen molar-refractivity contribution in [2.45, 2.75) is 19.9 Å². The summed E-state index contributed by atoms with van der Waals surface area (Å²) in [7, 11) is 0. The quantitative estimate of drug-likeness (QED) is 0.421. The monoisotopic (exact) mass is 456 g/mol. The van der Waals surface area contributed by atoms with Crippen molar-refractivity contribution < 1.29 is 14.1 Å². The van der Waals surface area contributed by atoms with Crippen LogP contribution in [0.5, 0.6) is 5.75 Å². The fourth-order valence-corrected chi connectivity index (χ4v) is 4.45. The molecule has 1 fully saturated rings. The van der Waals surface area contributed by atoms with Gasteiger partial charge < -0.3 is 14.2 Å². The number of carbonyl (C=O) groups excluding carboxylic acids is 1. The van der Waals surface area contributed by atoms with E-state index in [9.17, 15) is 4.79 Å². The molecule has 0 aliphatic carbocycles. The number of nitrogens with zero attached hydrogens (tertiary/aromatic N) is 4. The van der Waals surface area contributed by atoms with Gasteiger partial charge in [0.25, 0.3) is 11.8 Å². The van der Waals surface area contributed by atoms with E-state index in [0.29, 0.717) is 49.3 Å². The van der Waals surface area contributed by atoms with Crippen molar-refractivity contribution in [3.05, 3.63) is 78.1 Å². The lowest BCUT2D eigenvalue weighted by Crippen LogP contribution is -2.35. The molecule has 7 nitrogen and oxygen atoms in total. The number of amides is 1. The van der Waals surface area contributed by atoms with E-state index < -0.39 is 0 Å². The van der Waals surface area contributed by atoms with Crippen molar-refractivity contribution in [1.29, 1.82) is 0 Å². The summed E-state index contributed by atoms with van der Waals surface area (Å²) in [4.78, 5) is 22.4. The van der Waals surface area contributed by atoms with Crippen LogP contribution in [-0.2, 0) is 6.54 Å². The second kappa shape index (κ2) is 10.1. The van der Waals surface area contributed by atoms with Gasteiger partial charge in [0.05, 0.1) is 18.7 Å². The maximum atomic E-state index is 13.7. The van der Waals surface area contributed by atoms with Gasteiger partial charge in [0.1, 0.15) is 5.75 Å². The molecule has 0 bridgehead atoms. The Morgan fingerprint density at radius 3 is 2.65 bits per heavy atom. The molecule has 1 amide bonds. The SMILES string of the molecule is CCOc1ccc2ccccc2c1C(=O)N1CCCN(Cc2noc(-c3ccccc3)n2)CC1. The largest absolute Gasteiger partial charge is 0.493 e. The van der Waals surface area contributed by atoms with Crippen molar-refractivity contribution in [2.75, 3.05) is 32.8 Å². The Labute approximate surface area is 198 Å². The van der Waals surface area contributed by atoms with E-state index >= 15 is 0 Å². The summed E-state index contributed by atoms with van der Waals surface area (Å²) < 4.78 is 11.3. The highest BCUT2D eigenvalue weighted by Crippen LogP contribution is 2.30. The van der Waals surface area contributed by atoms with E-state index in [1.54, 1.807) is 0 Å². The Morgan fingerprint density at radius 2 is 1.79 bits per heavy atom. The molecular weight excluding hydrogens is 428 g/mol. The molecule has 1 aliphatic rings. The van der Waals surface area contributed by atoms with Gasteiger partial charge in [-0.25, -0.2) is 0 Å². The third-order valence-corrected chi connectivity index (χ3v) is 6.13. The number of ether oxygens (including phenoxy) is 1. The Kier molecular flexibility index (Phi) is 6.53. The lowest BCUT2D eigenvalue weighted by atomic mass is 10.0. The summed E-state index contributed by atoms with van der Waals surface area (Å²) in [6.07, 6.45) is 0.879. The van der Waals surface area contributed by atoms with E-state index in [4.69, 9.17) is 9.26 Å². The predicted molar refractivity (Wildman–Crippen MR) is 131 cm³/mol. The average molecular weight is 457 g/mol.